The summed E-state index contributed by atoms with van der Waals surface area (Å²) in [7, 11) is 0. The Hall–Kier alpha value is -2.28. The van der Waals surface area contributed by atoms with Crippen molar-refractivity contribution in [2.75, 3.05) is 13.1 Å². The first-order valence-electron chi connectivity index (χ1n) is 9.90. The summed E-state index contributed by atoms with van der Waals surface area (Å²) in [6.07, 6.45) is 2.49. The summed E-state index contributed by atoms with van der Waals surface area (Å²) in [5, 5.41) is 13.0. The minimum Gasteiger partial charge on any atom is -0.385 e. The highest BCUT2D eigenvalue weighted by molar-refractivity contribution is 7.17. The number of nitrogens with zero attached hydrogens (tertiary/aromatic N) is 2. The zero-order valence-corrected chi connectivity index (χ0v) is 18.4. The van der Waals surface area contributed by atoms with Crippen LogP contribution in [0.4, 0.5) is 0 Å². The molecular formula is C23H29N3O2S. The lowest BCUT2D eigenvalue weighted by atomic mass is 9.99. The quantitative estimate of drug-likeness (QED) is 0.539. The van der Waals surface area contributed by atoms with Crippen LogP contribution in [0.5, 0.6) is 0 Å². The largest absolute Gasteiger partial charge is 0.385 e. The second-order valence-corrected chi connectivity index (χ2v) is 8.79. The number of H-pyrrole nitrogens is 1. The lowest BCUT2D eigenvalue weighted by Gasteiger charge is -2.28. The van der Waals surface area contributed by atoms with E-state index in [-0.39, 0.29) is 5.56 Å². The Balaban J connectivity index is 1.96. The number of aromatic nitrogens is 2. The molecule has 1 aromatic carbocycles. The van der Waals surface area contributed by atoms with Crippen molar-refractivity contribution in [3.05, 3.63) is 63.5 Å². The van der Waals surface area contributed by atoms with Gasteiger partial charge in [-0.2, -0.15) is 0 Å². The van der Waals surface area contributed by atoms with Gasteiger partial charge in [0.2, 0.25) is 0 Å². The number of hydrogen-bond acceptors (Lipinski definition) is 5. The Labute approximate surface area is 175 Å². The fraction of sp³-hybridized carbons (Fsp3) is 0.391. The van der Waals surface area contributed by atoms with E-state index in [0.717, 1.165) is 34.5 Å². The van der Waals surface area contributed by atoms with Gasteiger partial charge in [0.25, 0.3) is 5.56 Å². The second-order valence-electron chi connectivity index (χ2n) is 7.93. The molecule has 6 heteroatoms. The molecule has 0 aliphatic heterocycles. The third-order valence-corrected chi connectivity index (χ3v) is 5.93. The summed E-state index contributed by atoms with van der Waals surface area (Å²) in [5.41, 5.74) is 3.24. The van der Waals surface area contributed by atoms with E-state index in [9.17, 15) is 9.90 Å². The summed E-state index contributed by atoms with van der Waals surface area (Å²) in [4.78, 5) is 23.5. The highest BCUT2D eigenvalue weighted by Crippen LogP contribution is 2.33. The van der Waals surface area contributed by atoms with Gasteiger partial charge in [0.15, 0.2) is 0 Å². The fourth-order valence-electron chi connectivity index (χ4n) is 3.64. The standard InChI is InChI=1S/C23H29N3O2S/c1-6-10-26(14-23(5,28)7-2)12-19-24-21(27)20-18(13-29-22(20)25-19)17-9-8-15(3)11-16(17)4/h7-9,11,13,28H,2,6,10,12,14H2,1,3-5H3,(H,24,25,27)/t23-/m0/s1. The number of aryl methyl sites for hydroxylation is 2. The molecule has 2 N–H and O–H groups in total. The van der Waals surface area contributed by atoms with E-state index in [4.69, 9.17) is 4.98 Å². The van der Waals surface area contributed by atoms with Gasteiger partial charge in [-0.25, -0.2) is 4.98 Å². The summed E-state index contributed by atoms with van der Waals surface area (Å²) < 4.78 is 0. The normalized spacial score (nSPS) is 13.7. The van der Waals surface area contributed by atoms with Crippen LogP contribution >= 0.6 is 11.3 Å². The first-order valence-corrected chi connectivity index (χ1v) is 10.8. The zero-order chi connectivity index (χ0) is 21.2. The Bertz CT molecular complexity index is 1080. The van der Waals surface area contributed by atoms with E-state index in [1.54, 1.807) is 13.0 Å². The molecule has 0 bridgehead atoms. The van der Waals surface area contributed by atoms with Crippen molar-refractivity contribution in [2.24, 2.45) is 0 Å². The van der Waals surface area contributed by atoms with Gasteiger partial charge >= 0.3 is 0 Å². The van der Waals surface area contributed by atoms with Gasteiger partial charge in [-0.1, -0.05) is 36.8 Å². The maximum atomic E-state index is 12.9. The maximum Gasteiger partial charge on any atom is 0.260 e. The molecule has 0 saturated carbocycles. The van der Waals surface area contributed by atoms with E-state index in [2.05, 4.69) is 55.4 Å². The molecule has 5 nitrogen and oxygen atoms in total. The topological polar surface area (TPSA) is 69.2 Å². The van der Waals surface area contributed by atoms with Crippen LogP contribution in [0, 0.1) is 13.8 Å². The molecule has 0 aliphatic rings. The highest BCUT2D eigenvalue weighted by atomic mass is 32.1. The second kappa shape index (κ2) is 8.61. The monoisotopic (exact) mass is 411 g/mol. The average molecular weight is 412 g/mol. The van der Waals surface area contributed by atoms with Crippen molar-refractivity contribution in [1.29, 1.82) is 0 Å². The van der Waals surface area contributed by atoms with Crippen LogP contribution in [-0.4, -0.2) is 38.7 Å². The molecule has 1 atom stereocenters. The summed E-state index contributed by atoms with van der Waals surface area (Å²) in [6.45, 7) is 13.4. The molecule has 29 heavy (non-hydrogen) atoms. The van der Waals surface area contributed by atoms with E-state index >= 15 is 0 Å². The molecule has 0 unspecified atom stereocenters. The van der Waals surface area contributed by atoms with Gasteiger partial charge in [0.05, 0.1) is 17.5 Å². The van der Waals surface area contributed by atoms with E-state index in [0.29, 0.717) is 24.3 Å². The van der Waals surface area contributed by atoms with Crippen molar-refractivity contribution in [3.63, 3.8) is 0 Å². The molecule has 0 spiro atoms. The van der Waals surface area contributed by atoms with E-state index in [1.807, 2.05) is 5.38 Å². The molecule has 154 valence electrons. The number of fused-ring (bicyclic) bond motifs is 1. The number of aromatic amines is 1. The van der Waals surface area contributed by atoms with Crippen molar-refractivity contribution < 1.29 is 5.11 Å². The van der Waals surface area contributed by atoms with Gasteiger partial charge in [-0.05, 0) is 44.9 Å². The lowest BCUT2D eigenvalue weighted by Crippen LogP contribution is -2.40. The minimum atomic E-state index is -0.987. The molecule has 0 fully saturated rings. The van der Waals surface area contributed by atoms with Gasteiger partial charge < -0.3 is 10.1 Å². The highest BCUT2D eigenvalue weighted by Gasteiger charge is 2.21. The number of rotatable bonds is 8. The third-order valence-electron chi connectivity index (χ3n) is 5.06. The van der Waals surface area contributed by atoms with E-state index in [1.165, 1.54) is 16.9 Å². The molecule has 2 heterocycles. The lowest BCUT2D eigenvalue weighted by molar-refractivity contribution is 0.0578. The Morgan fingerprint density at radius 2 is 2.10 bits per heavy atom. The Kier molecular flexibility index (Phi) is 6.36. The van der Waals surface area contributed by atoms with E-state index < -0.39 is 5.60 Å². The maximum absolute atomic E-state index is 12.9. The summed E-state index contributed by atoms with van der Waals surface area (Å²) in [5.74, 6) is 0.616. The first-order chi connectivity index (χ1) is 13.7. The minimum absolute atomic E-state index is 0.117. The van der Waals surface area contributed by atoms with Crippen LogP contribution in [0.2, 0.25) is 0 Å². The fourth-order valence-corrected chi connectivity index (χ4v) is 4.60. The van der Waals surface area contributed by atoms with Crippen LogP contribution in [-0.2, 0) is 6.54 Å². The van der Waals surface area contributed by atoms with Gasteiger partial charge in [0, 0.05) is 17.5 Å². The average Bonchev–Trinajstić information content (AvgIpc) is 3.06. The molecule has 2 aromatic heterocycles. The Morgan fingerprint density at radius 1 is 1.34 bits per heavy atom. The number of hydrogen-bond donors (Lipinski definition) is 2. The number of nitrogens with one attached hydrogen (secondary N) is 1. The van der Waals surface area contributed by atoms with Crippen molar-refractivity contribution in [3.8, 4) is 11.1 Å². The van der Waals surface area contributed by atoms with Crippen LogP contribution in [0.25, 0.3) is 21.3 Å². The summed E-state index contributed by atoms with van der Waals surface area (Å²) in [6, 6.07) is 6.26. The van der Waals surface area contributed by atoms with Crippen molar-refractivity contribution in [1.82, 2.24) is 14.9 Å². The van der Waals surface area contributed by atoms with Crippen LogP contribution in [0.1, 0.15) is 37.2 Å². The van der Waals surface area contributed by atoms with Gasteiger partial charge in [0.1, 0.15) is 10.7 Å². The molecule has 0 saturated heterocycles. The van der Waals surface area contributed by atoms with Crippen LogP contribution < -0.4 is 5.56 Å². The molecular weight excluding hydrogens is 382 g/mol. The number of thiophene rings is 1. The van der Waals surface area contributed by atoms with Gasteiger partial charge in [-0.15, -0.1) is 17.9 Å². The van der Waals surface area contributed by atoms with Gasteiger partial charge in [-0.3, -0.25) is 9.69 Å². The third kappa shape index (κ3) is 4.83. The van der Waals surface area contributed by atoms with Crippen molar-refractivity contribution in [2.45, 2.75) is 46.3 Å². The first kappa shape index (κ1) is 21.4. The molecule has 0 aliphatic carbocycles. The zero-order valence-electron chi connectivity index (χ0n) is 17.6. The van der Waals surface area contributed by atoms with Crippen LogP contribution in [0.15, 0.2) is 41.0 Å². The molecule has 0 amide bonds. The predicted octanol–water partition coefficient (Wildman–Crippen LogP) is 4.42. The predicted molar refractivity (Wildman–Crippen MR) is 122 cm³/mol. The SMILES string of the molecule is C=C[C@](C)(O)CN(CCC)Cc1nc2scc(-c3ccc(C)cc3C)c2c(=O)[nH]1. The van der Waals surface area contributed by atoms with Crippen molar-refractivity contribution >= 4 is 21.6 Å². The number of benzene rings is 1. The Morgan fingerprint density at radius 3 is 2.76 bits per heavy atom. The molecule has 0 radical (unpaired) electrons. The smallest absolute Gasteiger partial charge is 0.260 e. The number of aliphatic hydroxyl groups is 1. The summed E-state index contributed by atoms with van der Waals surface area (Å²) >= 11 is 1.49. The molecule has 3 aromatic rings. The molecule has 3 rings (SSSR count). The van der Waals surface area contributed by atoms with Crippen LogP contribution in [0.3, 0.4) is 0 Å².